The number of nitrogens with one attached hydrogen (secondary N) is 1. The molecule has 2 aromatic carbocycles. The maximum atomic E-state index is 13.4. The summed E-state index contributed by atoms with van der Waals surface area (Å²) in [5.74, 6) is -12.3. The van der Waals surface area contributed by atoms with Gasteiger partial charge >= 0.3 is 24.0 Å². The number of piperidine rings is 1. The van der Waals surface area contributed by atoms with Gasteiger partial charge in [0.15, 0.2) is 6.61 Å². The SMILES string of the molecule is COC(=O)c1ccc(CN2CCC(Nc3ccc(OCC(F)(F)C(F)(F)C(F)(F)F)cc3)CC2)cc1. The smallest absolute Gasteiger partial charge is 0.460 e. The number of carbonyl (C=O) groups is 1. The van der Waals surface area contributed by atoms with E-state index >= 15 is 0 Å². The summed E-state index contributed by atoms with van der Waals surface area (Å²) >= 11 is 0. The molecule has 36 heavy (non-hydrogen) atoms. The second-order valence-corrected chi connectivity index (χ2v) is 8.47. The van der Waals surface area contributed by atoms with Crippen LogP contribution in [-0.4, -0.2) is 61.7 Å². The first-order valence-corrected chi connectivity index (χ1v) is 11.0. The van der Waals surface area contributed by atoms with Crippen LogP contribution in [0.1, 0.15) is 28.8 Å². The van der Waals surface area contributed by atoms with Crippen molar-refractivity contribution >= 4 is 11.7 Å². The number of hydrogen-bond donors (Lipinski definition) is 1. The Balaban J connectivity index is 1.45. The molecule has 0 unspecified atom stereocenters. The number of esters is 1. The normalized spacial score (nSPS) is 16.0. The number of alkyl halides is 7. The highest BCUT2D eigenvalue weighted by Gasteiger charge is 2.73. The quantitative estimate of drug-likeness (QED) is 0.335. The first kappa shape index (κ1) is 27.6. The molecule has 0 saturated carbocycles. The van der Waals surface area contributed by atoms with Crippen molar-refractivity contribution in [3.8, 4) is 5.75 Å². The Bertz CT molecular complexity index is 1000. The molecule has 1 fully saturated rings. The zero-order valence-corrected chi connectivity index (χ0v) is 19.3. The Kier molecular flexibility index (Phi) is 8.37. The number of hydrogen-bond acceptors (Lipinski definition) is 5. The van der Waals surface area contributed by atoms with Gasteiger partial charge in [0.2, 0.25) is 0 Å². The molecule has 0 aromatic heterocycles. The summed E-state index contributed by atoms with van der Waals surface area (Å²) in [4.78, 5) is 13.8. The third-order valence-electron chi connectivity index (χ3n) is 5.83. The van der Waals surface area contributed by atoms with E-state index < -0.39 is 30.6 Å². The van der Waals surface area contributed by atoms with Crippen molar-refractivity contribution in [2.24, 2.45) is 0 Å². The molecule has 1 N–H and O–H groups in total. The number of methoxy groups -OCH3 is 1. The van der Waals surface area contributed by atoms with E-state index in [1.165, 1.54) is 31.4 Å². The van der Waals surface area contributed by atoms with Gasteiger partial charge in [0.25, 0.3) is 0 Å². The fraction of sp³-hybridized carbons (Fsp3) is 0.458. The largest absolute Gasteiger partial charge is 0.487 e. The van der Waals surface area contributed by atoms with E-state index in [1.807, 2.05) is 12.1 Å². The third kappa shape index (κ3) is 6.59. The van der Waals surface area contributed by atoms with Gasteiger partial charge in [-0.3, -0.25) is 4.90 Å². The van der Waals surface area contributed by atoms with Gasteiger partial charge in [0, 0.05) is 31.4 Å². The van der Waals surface area contributed by atoms with Crippen LogP contribution in [0.15, 0.2) is 48.5 Å². The second kappa shape index (κ2) is 10.9. The summed E-state index contributed by atoms with van der Waals surface area (Å²) in [7, 11) is 1.32. The predicted octanol–water partition coefficient (Wildman–Crippen LogP) is 5.76. The monoisotopic (exact) mass is 522 g/mol. The summed E-state index contributed by atoms with van der Waals surface area (Å²) < 4.78 is 98.5. The van der Waals surface area contributed by atoms with E-state index in [9.17, 15) is 35.5 Å². The van der Waals surface area contributed by atoms with E-state index in [4.69, 9.17) is 0 Å². The fourth-order valence-corrected chi connectivity index (χ4v) is 3.71. The zero-order chi connectivity index (χ0) is 26.6. The van der Waals surface area contributed by atoms with Gasteiger partial charge in [-0.2, -0.15) is 30.7 Å². The molecule has 1 aliphatic rings. The Hall–Kier alpha value is -3.02. The summed E-state index contributed by atoms with van der Waals surface area (Å²) in [6.07, 6.45) is -4.76. The van der Waals surface area contributed by atoms with Crippen LogP contribution in [0.5, 0.6) is 5.75 Å². The number of benzene rings is 2. The topological polar surface area (TPSA) is 50.8 Å². The molecule has 0 spiro atoms. The number of anilines is 1. The first-order chi connectivity index (χ1) is 16.8. The van der Waals surface area contributed by atoms with Gasteiger partial charge in [-0.1, -0.05) is 12.1 Å². The van der Waals surface area contributed by atoms with Crippen LogP contribution in [-0.2, 0) is 11.3 Å². The van der Waals surface area contributed by atoms with Crippen molar-refractivity contribution in [3.05, 3.63) is 59.7 Å². The number of ether oxygens (including phenoxy) is 2. The van der Waals surface area contributed by atoms with Gasteiger partial charge in [0.05, 0.1) is 12.7 Å². The van der Waals surface area contributed by atoms with Crippen molar-refractivity contribution in [3.63, 3.8) is 0 Å². The van der Waals surface area contributed by atoms with Crippen molar-refractivity contribution in [1.29, 1.82) is 0 Å². The van der Waals surface area contributed by atoms with Crippen LogP contribution in [0.4, 0.5) is 36.4 Å². The second-order valence-electron chi connectivity index (χ2n) is 8.47. The molecule has 2 aromatic rings. The Morgan fingerprint density at radius 1 is 0.944 bits per heavy atom. The summed E-state index contributed by atoms with van der Waals surface area (Å²) in [6.45, 7) is 0.217. The zero-order valence-electron chi connectivity index (χ0n) is 19.3. The number of nitrogens with zero attached hydrogens (tertiary/aromatic N) is 1. The Morgan fingerprint density at radius 3 is 2.06 bits per heavy atom. The lowest BCUT2D eigenvalue weighted by atomic mass is 10.0. The van der Waals surface area contributed by atoms with Gasteiger partial charge < -0.3 is 14.8 Å². The minimum atomic E-state index is -6.39. The molecule has 198 valence electrons. The van der Waals surface area contributed by atoms with E-state index in [-0.39, 0.29) is 11.8 Å². The van der Waals surface area contributed by atoms with E-state index in [0.29, 0.717) is 11.3 Å². The molecule has 12 heteroatoms. The van der Waals surface area contributed by atoms with Crippen molar-refractivity contribution < 1.29 is 45.0 Å². The molecule has 5 nitrogen and oxygen atoms in total. The first-order valence-electron chi connectivity index (χ1n) is 11.0. The van der Waals surface area contributed by atoms with Gasteiger partial charge in [-0.25, -0.2) is 4.79 Å². The molecule has 0 aliphatic carbocycles. The van der Waals surface area contributed by atoms with Crippen molar-refractivity contribution in [2.45, 2.75) is 43.4 Å². The fourth-order valence-electron chi connectivity index (χ4n) is 3.71. The lowest BCUT2D eigenvalue weighted by Gasteiger charge is -2.33. The highest BCUT2D eigenvalue weighted by atomic mass is 19.4. The highest BCUT2D eigenvalue weighted by molar-refractivity contribution is 5.89. The number of carbonyl (C=O) groups excluding carboxylic acids is 1. The van der Waals surface area contributed by atoms with Crippen LogP contribution >= 0.6 is 0 Å². The highest BCUT2D eigenvalue weighted by Crippen LogP contribution is 2.46. The van der Waals surface area contributed by atoms with Crippen LogP contribution in [0.25, 0.3) is 0 Å². The average Bonchev–Trinajstić information content (AvgIpc) is 2.84. The molecular formula is C24H25F7N2O3. The Labute approximate surface area is 203 Å². The number of rotatable bonds is 9. The third-order valence-corrected chi connectivity index (χ3v) is 5.83. The van der Waals surface area contributed by atoms with Crippen LogP contribution in [0.3, 0.4) is 0 Å². The molecule has 1 saturated heterocycles. The van der Waals surface area contributed by atoms with Crippen LogP contribution < -0.4 is 10.1 Å². The summed E-state index contributed by atoms with van der Waals surface area (Å²) in [5, 5.41) is 3.28. The molecule has 0 atom stereocenters. The average molecular weight is 522 g/mol. The lowest BCUT2D eigenvalue weighted by molar-refractivity contribution is -0.358. The van der Waals surface area contributed by atoms with E-state index in [2.05, 4.69) is 19.7 Å². The summed E-state index contributed by atoms with van der Waals surface area (Å²) in [5.41, 5.74) is 2.17. The van der Waals surface area contributed by atoms with Crippen LogP contribution in [0.2, 0.25) is 0 Å². The Morgan fingerprint density at radius 2 is 1.53 bits per heavy atom. The minimum absolute atomic E-state index is 0.129. The molecular weight excluding hydrogens is 497 g/mol. The molecule has 3 rings (SSSR count). The van der Waals surface area contributed by atoms with E-state index in [1.54, 1.807) is 12.1 Å². The predicted molar refractivity (Wildman–Crippen MR) is 118 cm³/mol. The van der Waals surface area contributed by atoms with Gasteiger partial charge in [-0.05, 0) is 54.8 Å². The minimum Gasteiger partial charge on any atom is -0.487 e. The molecule has 1 heterocycles. The van der Waals surface area contributed by atoms with Gasteiger partial charge in [-0.15, -0.1) is 0 Å². The number of halogens is 7. The molecule has 0 bridgehead atoms. The lowest BCUT2D eigenvalue weighted by Crippen LogP contribution is -2.54. The molecule has 1 aliphatic heterocycles. The molecule has 0 amide bonds. The summed E-state index contributed by atoms with van der Waals surface area (Å²) in [6, 6.07) is 12.7. The molecule has 0 radical (unpaired) electrons. The standard InChI is InChI=1S/C24H25F7N2O3/c1-35-21(34)17-4-2-16(3-5-17)14-33-12-10-19(11-13-33)32-18-6-8-20(9-7-18)36-15-22(25,26)23(27,28)24(29,30)31/h2-9,19,32H,10-15H2,1H3. The maximum absolute atomic E-state index is 13.4. The van der Waals surface area contributed by atoms with Gasteiger partial charge in [0.1, 0.15) is 5.75 Å². The van der Waals surface area contributed by atoms with E-state index in [0.717, 1.165) is 38.0 Å². The van der Waals surface area contributed by atoms with Crippen molar-refractivity contribution in [2.75, 3.05) is 32.1 Å². The van der Waals surface area contributed by atoms with Crippen molar-refractivity contribution in [1.82, 2.24) is 4.90 Å². The van der Waals surface area contributed by atoms with Crippen LogP contribution in [0, 0.1) is 0 Å². The number of likely N-dealkylation sites (tertiary alicyclic amines) is 1. The maximum Gasteiger partial charge on any atom is 0.460 e.